The summed E-state index contributed by atoms with van der Waals surface area (Å²) in [7, 11) is 0. The quantitative estimate of drug-likeness (QED) is 0.495. The first kappa shape index (κ1) is 23.8. The van der Waals surface area contributed by atoms with E-state index >= 15 is 0 Å². The fourth-order valence-corrected chi connectivity index (χ4v) is 5.56. The number of carbonyl (C=O) groups excluding carboxylic acids is 2. The third-order valence-electron chi connectivity index (χ3n) is 6.41. The Morgan fingerprint density at radius 2 is 1.86 bits per heavy atom. The Balaban J connectivity index is 1.35. The number of ether oxygens (including phenoxy) is 1. The highest BCUT2D eigenvalue weighted by molar-refractivity contribution is 7.22. The molecular weight excluding hydrogens is 474 g/mol. The molecular formula is C25H26F2N4O3S. The van der Waals surface area contributed by atoms with E-state index in [9.17, 15) is 18.4 Å². The highest BCUT2D eigenvalue weighted by Gasteiger charge is 2.38. The van der Waals surface area contributed by atoms with Crippen LogP contribution in [0.3, 0.4) is 0 Å². The summed E-state index contributed by atoms with van der Waals surface area (Å²) in [5.74, 6) is -1.63. The van der Waals surface area contributed by atoms with Gasteiger partial charge in [0.2, 0.25) is 11.8 Å². The minimum Gasteiger partial charge on any atom is -0.379 e. The molecule has 7 nitrogen and oxygen atoms in total. The Labute approximate surface area is 205 Å². The van der Waals surface area contributed by atoms with Gasteiger partial charge >= 0.3 is 0 Å². The normalized spacial score (nSPS) is 19.0. The lowest BCUT2D eigenvalue weighted by molar-refractivity contribution is -0.124. The SMILES string of the molecule is O=C1CC(C(=O)N(CCCN2CCOCC2)c2nc3ccc(F)cc3s2)CN1c1ccc(F)cc1. The molecule has 2 aliphatic rings. The number of benzene rings is 2. The topological polar surface area (TPSA) is 66.0 Å². The third-order valence-corrected chi connectivity index (χ3v) is 7.45. The predicted octanol–water partition coefficient (Wildman–Crippen LogP) is 3.68. The van der Waals surface area contributed by atoms with Gasteiger partial charge in [0.05, 0.1) is 29.3 Å². The fourth-order valence-electron chi connectivity index (χ4n) is 4.54. The van der Waals surface area contributed by atoms with E-state index in [0.717, 1.165) is 26.1 Å². The highest BCUT2D eigenvalue weighted by Crippen LogP contribution is 2.33. The first-order valence-corrected chi connectivity index (χ1v) is 12.5. The van der Waals surface area contributed by atoms with E-state index in [1.54, 1.807) is 23.1 Å². The van der Waals surface area contributed by atoms with Crippen LogP contribution >= 0.6 is 11.3 Å². The van der Waals surface area contributed by atoms with Crippen LogP contribution in [0.1, 0.15) is 12.8 Å². The standard InChI is InChI=1S/C25H26F2N4O3S/c26-18-2-5-20(6-3-18)31-16-17(14-23(31)32)24(33)30(9-1-8-29-10-12-34-13-11-29)25-28-21-7-4-19(27)15-22(21)35-25/h2-7,15,17H,1,8-14,16H2. The maximum absolute atomic E-state index is 13.7. The monoisotopic (exact) mass is 500 g/mol. The van der Waals surface area contributed by atoms with Gasteiger partial charge in [-0.25, -0.2) is 13.8 Å². The van der Waals surface area contributed by atoms with Gasteiger partial charge in [-0.2, -0.15) is 0 Å². The Morgan fingerprint density at radius 1 is 1.11 bits per heavy atom. The number of thiazole rings is 1. The maximum atomic E-state index is 13.7. The van der Waals surface area contributed by atoms with E-state index < -0.39 is 5.92 Å². The Kier molecular flexibility index (Phi) is 7.03. The van der Waals surface area contributed by atoms with Crippen molar-refractivity contribution in [1.82, 2.24) is 9.88 Å². The molecule has 10 heteroatoms. The summed E-state index contributed by atoms with van der Waals surface area (Å²) in [5, 5.41) is 0.505. The minimum absolute atomic E-state index is 0.0791. The molecule has 0 saturated carbocycles. The number of morpholine rings is 1. The molecule has 1 unspecified atom stereocenters. The Bertz CT molecular complexity index is 1210. The van der Waals surface area contributed by atoms with Gasteiger partial charge in [-0.3, -0.25) is 19.4 Å². The molecule has 0 N–H and O–H groups in total. The van der Waals surface area contributed by atoms with Gasteiger partial charge in [0, 0.05) is 44.8 Å². The number of aromatic nitrogens is 1. The molecule has 2 aromatic carbocycles. The van der Waals surface area contributed by atoms with E-state index in [1.807, 2.05) is 0 Å². The van der Waals surface area contributed by atoms with Crippen LogP contribution in [0.25, 0.3) is 10.2 Å². The zero-order chi connectivity index (χ0) is 24.4. The van der Waals surface area contributed by atoms with E-state index in [0.29, 0.717) is 40.8 Å². The van der Waals surface area contributed by atoms with E-state index in [4.69, 9.17) is 4.74 Å². The second kappa shape index (κ2) is 10.3. The van der Waals surface area contributed by atoms with Crippen LogP contribution in [0.2, 0.25) is 0 Å². The van der Waals surface area contributed by atoms with Gasteiger partial charge in [-0.1, -0.05) is 11.3 Å². The van der Waals surface area contributed by atoms with Crippen molar-refractivity contribution in [2.24, 2.45) is 5.92 Å². The molecule has 3 heterocycles. The second-order valence-corrected chi connectivity index (χ2v) is 9.80. The predicted molar refractivity (Wildman–Crippen MR) is 131 cm³/mol. The number of hydrogen-bond donors (Lipinski definition) is 0. The summed E-state index contributed by atoms with van der Waals surface area (Å²) < 4.78 is 33.2. The third kappa shape index (κ3) is 5.34. The first-order chi connectivity index (χ1) is 17.0. The van der Waals surface area contributed by atoms with Gasteiger partial charge in [0.15, 0.2) is 5.13 Å². The molecule has 5 rings (SSSR count). The second-order valence-electron chi connectivity index (χ2n) is 8.79. The van der Waals surface area contributed by atoms with Crippen molar-refractivity contribution in [2.75, 3.05) is 55.7 Å². The van der Waals surface area contributed by atoms with Gasteiger partial charge in [-0.15, -0.1) is 0 Å². The van der Waals surface area contributed by atoms with Gasteiger partial charge < -0.3 is 9.64 Å². The van der Waals surface area contributed by atoms with Crippen molar-refractivity contribution in [1.29, 1.82) is 0 Å². The molecule has 184 valence electrons. The van der Waals surface area contributed by atoms with Gasteiger partial charge in [-0.05, 0) is 48.9 Å². The average Bonchev–Trinajstić information content (AvgIpc) is 3.45. The number of nitrogens with zero attached hydrogens (tertiary/aromatic N) is 4. The molecule has 0 bridgehead atoms. The van der Waals surface area contributed by atoms with Gasteiger partial charge in [0.1, 0.15) is 11.6 Å². The largest absolute Gasteiger partial charge is 0.379 e. The van der Waals surface area contributed by atoms with Crippen LogP contribution in [-0.4, -0.2) is 67.6 Å². The lowest BCUT2D eigenvalue weighted by Gasteiger charge is -2.28. The highest BCUT2D eigenvalue weighted by atomic mass is 32.1. The molecule has 0 spiro atoms. The Hall–Kier alpha value is -2.95. The number of hydrogen-bond acceptors (Lipinski definition) is 6. The summed E-state index contributed by atoms with van der Waals surface area (Å²) in [6, 6.07) is 10.1. The molecule has 35 heavy (non-hydrogen) atoms. The van der Waals surface area contributed by atoms with Crippen LogP contribution in [0.5, 0.6) is 0 Å². The number of amides is 2. The maximum Gasteiger partial charge on any atom is 0.234 e. The van der Waals surface area contributed by atoms with Crippen LogP contribution in [0.4, 0.5) is 19.6 Å². The lowest BCUT2D eigenvalue weighted by atomic mass is 10.1. The number of anilines is 2. The molecule has 0 radical (unpaired) electrons. The lowest BCUT2D eigenvalue weighted by Crippen LogP contribution is -2.41. The molecule has 1 aromatic heterocycles. The molecule has 2 fully saturated rings. The summed E-state index contributed by atoms with van der Waals surface area (Å²) in [6.07, 6.45) is 0.814. The molecule has 0 aliphatic carbocycles. The van der Waals surface area contributed by atoms with E-state index in [-0.39, 0.29) is 36.4 Å². The molecule has 2 saturated heterocycles. The van der Waals surface area contributed by atoms with Crippen LogP contribution in [0.15, 0.2) is 42.5 Å². The summed E-state index contributed by atoms with van der Waals surface area (Å²) in [5.41, 5.74) is 1.20. The number of halogens is 2. The van der Waals surface area contributed by atoms with Crippen molar-refractivity contribution in [3.8, 4) is 0 Å². The van der Waals surface area contributed by atoms with Crippen molar-refractivity contribution in [2.45, 2.75) is 12.8 Å². The zero-order valence-electron chi connectivity index (χ0n) is 19.2. The Morgan fingerprint density at radius 3 is 2.63 bits per heavy atom. The minimum atomic E-state index is -0.542. The number of rotatable bonds is 7. The van der Waals surface area contributed by atoms with Crippen molar-refractivity contribution in [3.05, 3.63) is 54.1 Å². The number of fused-ring (bicyclic) bond motifs is 1. The summed E-state index contributed by atoms with van der Waals surface area (Å²) in [4.78, 5) is 36.5. The molecule has 1 atom stereocenters. The van der Waals surface area contributed by atoms with Gasteiger partial charge in [0.25, 0.3) is 0 Å². The summed E-state index contributed by atoms with van der Waals surface area (Å²) in [6.45, 7) is 4.61. The van der Waals surface area contributed by atoms with Crippen molar-refractivity contribution in [3.63, 3.8) is 0 Å². The fraction of sp³-hybridized carbons (Fsp3) is 0.400. The van der Waals surface area contributed by atoms with Crippen molar-refractivity contribution >= 4 is 44.2 Å². The van der Waals surface area contributed by atoms with E-state index in [2.05, 4.69) is 9.88 Å². The average molecular weight is 501 g/mol. The summed E-state index contributed by atoms with van der Waals surface area (Å²) >= 11 is 1.27. The zero-order valence-corrected chi connectivity index (χ0v) is 20.0. The van der Waals surface area contributed by atoms with E-state index in [1.165, 1.54) is 40.5 Å². The molecule has 2 amide bonds. The van der Waals surface area contributed by atoms with Crippen LogP contribution in [0, 0.1) is 17.6 Å². The number of carbonyl (C=O) groups is 2. The van der Waals surface area contributed by atoms with Crippen molar-refractivity contribution < 1.29 is 23.1 Å². The first-order valence-electron chi connectivity index (χ1n) is 11.7. The van der Waals surface area contributed by atoms with Crippen LogP contribution < -0.4 is 9.80 Å². The van der Waals surface area contributed by atoms with Crippen LogP contribution in [-0.2, 0) is 14.3 Å². The molecule has 3 aromatic rings. The molecule has 2 aliphatic heterocycles. The smallest absolute Gasteiger partial charge is 0.234 e.